The summed E-state index contributed by atoms with van der Waals surface area (Å²) in [7, 11) is 1.89. The van der Waals surface area contributed by atoms with E-state index in [0.717, 1.165) is 11.1 Å². The summed E-state index contributed by atoms with van der Waals surface area (Å²) in [6.07, 6.45) is 5.59. The number of carbonyl (C=O) groups is 1. The lowest BCUT2D eigenvalue weighted by Crippen LogP contribution is -2.48. The number of benzene rings is 1. The Balaban J connectivity index is 1.45. The van der Waals surface area contributed by atoms with E-state index in [9.17, 15) is 4.79 Å². The summed E-state index contributed by atoms with van der Waals surface area (Å²) in [5, 5.41) is 3.23. The van der Waals surface area contributed by atoms with E-state index in [1.807, 2.05) is 60.8 Å². The van der Waals surface area contributed by atoms with E-state index < -0.39 is 0 Å². The van der Waals surface area contributed by atoms with E-state index >= 15 is 0 Å². The molecule has 7 heteroatoms. The predicted molar refractivity (Wildman–Crippen MR) is 116 cm³/mol. The maximum Gasteiger partial charge on any atom is 0.270 e. The molecule has 2 aromatic heterocycles. The molecule has 30 heavy (non-hydrogen) atoms. The lowest BCUT2D eigenvalue weighted by Gasteiger charge is -2.35. The highest BCUT2D eigenvalue weighted by Gasteiger charge is 2.28. The molecule has 1 aliphatic rings. The van der Waals surface area contributed by atoms with Crippen molar-refractivity contribution in [3.05, 3.63) is 66.2 Å². The molecule has 0 aliphatic carbocycles. The van der Waals surface area contributed by atoms with Crippen molar-refractivity contribution < 1.29 is 9.53 Å². The van der Waals surface area contributed by atoms with Gasteiger partial charge in [0.1, 0.15) is 5.69 Å². The van der Waals surface area contributed by atoms with Crippen LogP contribution in [0.3, 0.4) is 0 Å². The quantitative estimate of drug-likeness (QED) is 0.705. The molecule has 0 radical (unpaired) electrons. The first-order valence-electron chi connectivity index (χ1n) is 10.2. The summed E-state index contributed by atoms with van der Waals surface area (Å²) < 4.78 is 7.61. The minimum Gasteiger partial charge on any atom is -0.372 e. The van der Waals surface area contributed by atoms with Gasteiger partial charge in [-0.3, -0.25) is 4.79 Å². The van der Waals surface area contributed by atoms with Gasteiger partial charge in [-0.05, 0) is 25.5 Å². The summed E-state index contributed by atoms with van der Waals surface area (Å²) in [6, 6.07) is 12.0. The molecule has 2 atom stereocenters. The average Bonchev–Trinajstić information content (AvgIpc) is 3.13. The molecule has 4 rings (SSSR count). The van der Waals surface area contributed by atoms with Crippen molar-refractivity contribution in [2.45, 2.75) is 32.6 Å². The smallest absolute Gasteiger partial charge is 0.270 e. The fraction of sp³-hybridized carbons (Fsp3) is 0.348. The molecule has 3 aromatic rings. The second kappa shape index (κ2) is 8.67. The third kappa shape index (κ3) is 4.52. The highest BCUT2D eigenvalue weighted by Crippen LogP contribution is 2.23. The molecule has 3 heterocycles. The summed E-state index contributed by atoms with van der Waals surface area (Å²) in [5.41, 5.74) is 3.61. The van der Waals surface area contributed by atoms with Crippen LogP contribution in [-0.2, 0) is 18.3 Å². The Morgan fingerprint density at radius 1 is 1.10 bits per heavy atom. The van der Waals surface area contributed by atoms with Gasteiger partial charge in [-0.1, -0.05) is 30.3 Å². The second-order valence-corrected chi connectivity index (χ2v) is 7.83. The van der Waals surface area contributed by atoms with Crippen molar-refractivity contribution in [3.63, 3.8) is 0 Å². The van der Waals surface area contributed by atoms with Crippen LogP contribution in [-0.4, -0.2) is 50.6 Å². The minimum absolute atomic E-state index is 0.0211. The molecular formula is C23H27N5O2. The molecule has 7 nitrogen and oxygen atoms in total. The Kier molecular flexibility index (Phi) is 5.81. The molecule has 0 spiro atoms. The van der Waals surface area contributed by atoms with Crippen LogP contribution in [0.1, 0.15) is 29.9 Å². The predicted octanol–water partition coefficient (Wildman–Crippen LogP) is 3.34. The third-order valence-electron chi connectivity index (χ3n) is 5.21. The van der Waals surface area contributed by atoms with Gasteiger partial charge in [0.15, 0.2) is 0 Å². The topological polar surface area (TPSA) is 72.3 Å². The van der Waals surface area contributed by atoms with Crippen molar-refractivity contribution in [1.29, 1.82) is 0 Å². The molecule has 1 N–H and O–H groups in total. The van der Waals surface area contributed by atoms with Crippen LogP contribution in [0.15, 0.2) is 55.0 Å². The molecule has 2 unspecified atom stereocenters. The van der Waals surface area contributed by atoms with E-state index in [1.165, 1.54) is 5.56 Å². The van der Waals surface area contributed by atoms with Gasteiger partial charge in [0.05, 0.1) is 12.2 Å². The summed E-state index contributed by atoms with van der Waals surface area (Å²) in [5.74, 6) is 0.596. The molecule has 0 saturated carbocycles. The SMILES string of the molecule is CC1CN(C(=O)c2cc(-c3cnc(NCc4ccccc4)nc3)cn2C)CC(C)O1. The Hall–Kier alpha value is -3.19. The number of nitrogens with one attached hydrogen (secondary N) is 1. The number of hydrogen-bond acceptors (Lipinski definition) is 5. The van der Waals surface area contributed by atoms with Crippen molar-refractivity contribution in [3.8, 4) is 11.1 Å². The standard InChI is InChI=1S/C23H27N5O2/c1-16-13-28(14-17(2)30-16)22(29)21-9-19(15-27(21)3)20-11-25-23(26-12-20)24-10-18-7-5-4-6-8-18/h4-9,11-12,15-17H,10,13-14H2,1-3H3,(H,24,25,26). The average molecular weight is 406 g/mol. The zero-order valence-corrected chi connectivity index (χ0v) is 17.6. The number of morpholine rings is 1. The van der Waals surface area contributed by atoms with Crippen LogP contribution in [0.2, 0.25) is 0 Å². The van der Waals surface area contributed by atoms with Crippen LogP contribution in [0.4, 0.5) is 5.95 Å². The summed E-state index contributed by atoms with van der Waals surface area (Å²) >= 11 is 0. The van der Waals surface area contributed by atoms with Gasteiger partial charge in [0.25, 0.3) is 5.91 Å². The molecule has 1 fully saturated rings. The molecular weight excluding hydrogens is 378 g/mol. The number of carbonyl (C=O) groups excluding carboxylic acids is 1. The molecule has 156 valence electrons. The van der Waals surface area contributed by atoms with E-state index in [1.54, 1.807) is 12.4 Å². The Morgan fingerprint density at radius 2 is 1.77 bits per heavy atom. The van der Waals surface area contributed by atoms with Crippen LogP contribution < -0.4 is 5.32 Å². The maximum atomic E-state index is 13.0. The lowest BCUT2D eigenvalue weighted by molar-refractivity contribution is -0.0588. The zero-order chi connectivity index (χ0) is 21.1. The van der Waals surface area contributed by atoms with E-state index in [-0.39, 0.29) is 18.1 Å². The number of ether oxygens (including phenoxy) is 1. The summed E-state index contributed by atoms with van der Waals surface area (Å²) in [6.45, 7) is 5.87. The minimum atomic E-state index is 0.0211. The largest absolute Gasteiger partial charge is 0.372 e. The van der Waals surface area contributed by atoms with Crippen LogP contribution in [0.25, 0.3) is 11.1 Å². The first-order chi connectivity index (χ1) is 14.5. The van der Waals surface area contributed by atoms with E-state index in [4.69, 9.17) is 4.74 Å². The number of aromatic nitrogens is 3. The normalized spacial score (nSPS) is 19.0. The van der Waals surface area contributed by atoms with Crippen molar-refractivity contribution >= 4 is 11.9 Å². The van der Waals surface area contributed by atoms with Crippen LogP contribution in [0, 0.1) is 0 Å². The van der Waals surface area contributed by atoms with E-state index in [0.29, 0.717) is 31.3 Å². The number of rotatable bonds is 5. The first kappa shape index (κ1) is 20.1. The number of aryl methyl sites for hydroxylation is 1. The fourth-order valence-electron chi connectivity index (χ4n) is 3.79. The molecule has 1 saturated heterocycles. The number of anilines is 1. The Labute approximate surface area is 176 Å². The van der Waals surface area contributed by atoms with E-state index in [2.05, 4.69) is 27.4 Å². The maximum absolute atomic E-state index is 13.0. The molecule has 1 aliphatic heterocycles. The fourth-order valence-corrected chi connectivity index (χ4v) is 3.79. The van der Waals surface area contributed by atoms with Gasteiger partial charge in [0.2, 0.25) is 5.95 Å². The zero-order valence-electron chi connectivity index (χ0n) is 17.6. The molecule has 0 bridgehead atoms. The highest BCUT2D eigenvalue weighted by atomic mass is 16.5. The molecule has 1 amide bonds. The lowest BCUT2D eigenvalue weighted by atomic mass is 10.1. The number of amides is 1. The third-order valence-corrected chi connectivity index (χ3v) is 5.21. The Morgan fingerprint density at radius 3 is 2.43 bits per heavy atom. The number of nitrogens with zero attached hydrogens (tertiary/aromatic N) is 4. The van der Waals surface area contributed by atoms with Gasteiger partial charge in [-0.15, -0.1) is 0 Å². The summed E-state index contributed by atoms with van der Waals surface area (Å²) in [4.78, 5) is 23.7. The van der Waals surface area contributed by atoms with Gasteiger partial charge in [-0.2, -0.15) is 0 Å². The second-order valence-electron chi connectivity index (χ2n) is 7.83. The highest BCUT2D eigenvalue weighted by molar-refractivity contribution is 5.94. The first-order valence-corrected chi connectivity index (χ1v) is 10.2. The number of hydrogen-bond donors (Lipinski definition) is 1. The molecule has 1 aromatic carbocycles. The van der Waals surface area contributed by atoms with Gasteiger partial charge >= 0.3 is 0 Å². The van der Waals surface area contributed by atoms with Crippen molar-refractivity contribution in [1.82, 2.24) is 19.4 Å². The van der Waals surface area contributed by atoms with Crippen LogP contribution in [0.5, 0.6) is 0 Å². The monoisotopic (exact) mass is 405 g/mol. The van der Waals surface area contributed by atoms with Crippen molar-refractivity contribution in [2.24, 2.45) is 7.05 Å². The van der Waals surface area contributed by atoms with Crippen LogP contribution >= 0.6 is 0 Å². The van der Waals surface area contributed by atoms with Gasteiger partial charge in [0, 0.05) is 56.4 Å². The van der Waals surface area contributed by atoms with Crippen molar-refractivity contribution in [2.75, 3.05) is 18.4 Å². The Bertz CT molecular complexity index is 990. The van der Waals surface area contributed by atoms with Gasteiger partial charge < -0.3 is 19.5 Å². The van der Waals surface area contributed by atoms with Gasteiger partial charge in [-0.25, -0.2) is 9.97 Å².